The zero-order valence-electron chi connectivity index (χ0n) is 13.1. The minimum atomic E-state index is 0.0592. The third-order valence-corrected chi connectivity index (χ3v) is 5.62. The lowest BCUT2D eigenvalue weighted by molar-refractivity contribution is -0.117. The minimum absolute atomic E-state index is 0.0592. The van der Waals surface area contributed by atoms with Crippen LogP contribution < -0.4 is 10.1 Å². The molecular weight excluding hydrogens is 379 g/mol. The topological polar surface area (TPSA) is 51.2 Å². The van der Waals surface area contributed by atoms with Gasteiger partial charge in [0.1, 0.15) is 12.4 Å². The van der Waals surface area contributed by atoms with Crippen molar-refractivity contribution in [2.24, 2.45) is 5.92 Å². The second-order valence-corrected chi connectivity index (χ2v) is 7.75. The van der Waals surface area contributed by atoms with Crippen molar-refractivity contribution in [1.29, 1.82) is 0 Å². The van der Waals surface area contributed by atoms with Crippen LogP contribution in [0.15, 0.2) is 36.4 Å². The van der Waals surface area contributed by atoms with Crippen LogP contribution in [0.5, 0.6) is 5.75 Å². The number of aromatic nitrogens is 1. The van der Waals surface area contributed by atoms with E-state index in [4.69, 9.17) is 27.9 Å². The van der Waals surface area contributed by atoms with Crippen LogP contribution in [0.25, 0.3) is 10.2 Å². The Morgan fingerprint density at radius 1 is 1.24 bits per heavy atom. The number of fused-ring (bicyclic) bond motifs is 1. The number of rotatable bonds is 5. The van der Waals surface area contributed by atoms with Gasteiger partial charge >= 0.3 is 0 Å². The molecule has 0 radical (unpaired) electrons. The van der Waals surface area contributed by atoms with Crippen LogP contribution in [0.2, 0.25) is 10.0 Å². The Hall–Kier alpha value is -1.82. The number of hydrogen-bond acceptors (Lipinski definition) is 4. The van der Waals surface area contributed by atoms with Crippen LogP contribution in [-0.4, -0.2) is 10.9 Å². The van der Waals surface area contributed by atoms with E-state index in [0.29, 0.717) is 20.9 Å². The summed E-state index contributed by atoms with van der Waals surface area (Å²) in [6.07, 6.45) is 1.94. The van der Waals surface area contributed by atoms with Gasteiger partial charge in [0, 0.05) is 21.5 Å². The molecule has 4 rings (SSSR count). The average molecular weight is 393 g/mol. The SMILES string of the molecule is O=C(Nc1nc2ccc(OCc3c(Cl)cccc3Cl)cc2s1)C1CC1. The number of carbonyl (C=O) groups excluding carboxylic acids is 1. The summed E-state index contributed by atoms with van der Waals surface area (Å²) in [6, 6.07) is 11.0. The summed E-state index contributed by atoms with van der Waals surface area (Å²) >= 11 is 13.8. The fourth-order valence-corrected chi connectivity index (χ4v) is 3.83. The maximum Gasteiger partial charge on any atom is 0.229 e. The van der Waals surface area contributed by atoms with Crippen LogP contribution in [0, 0.1) is 5.92 Å². The summed E-state index contributed by atoms with van der Waals surface area (Å²) in [7, 11) is 0. The number of thiazole rings is 1. The lowest BCUT2D eigenvalue weighted by Crippen LogP contribution is -2.12. The van der Waals surface area contributed by atoms with Gasteiger partial charge < -0.3 is 10.1 Å². The molecule has 1 N–H and O–H groups in total. The van der Waals surface area contributed by atoms with Crippen molar-refractivity contribution in [1.82, 2.24) is 4.98 Å². The Balaban J connectivity index is 1.49. The number of halogens is 2. The minimum Gasteiger partial charge on any atom is -0.489 e. The van der Waals surface area contributed by atoms with E-state index in [9.17, 15) is 4.79 Å². The lowest BCUT2D eigenvalue weighted by atomic mass is 10.2. The molecule has 0 bridgehead atoms. The summed E-state index contributed by atoms with van der Waals surface area (Å²) in [4.78, 5) is 16.3. The zero-order valence-corrected chi connectivity index (χ0v) is 15.4. The fraction of sp³-hybridized carbons (Fsp3) is 0.222. The first-order valence-corrected chi connectivity index (χ1v) is 9.44. The van der Waals surface area contributed by atoms with Gasteiger partial charge in [-0.2, -0.15) is 0 Å². The highest BCUT2D eigenvalue weighted by Crippen LogP contribution is 2.33. The predicted molar refractivity (Wildman–Crippen MR) is 102 cm³/mol. The highest BCUT2D eigenvalue weighted by atomic mass is 35.5. The van der Waals surface area contributed by atoms with Gasteiger partial charge in [-0.05, 0) is 43.2 Å². The molecule has 7 heteroatoms. The van der Waals surface area contributed by atoms with Crippen molar-refractivity contribution >= 4 is 55.8 Å². The molecular formula is C18H14Cl2N2O2S. The van der Waals surface area contributed by atoms with Gasteiger partial charge in [-0.25, -0.2) is 4.98 Å². The average Bonchev–Trinajstić information content (AvgIpc) is 3.35. The van der Waals surface area contributed by atoms with Crippen LogP contribution in [0.4, 0.5) is 5.13 Å². The molecule has 0 aliphatic heterocycles. The summed E-state index contributed by atoms with van der Waals surface area (Å²) in [6.45, 7) is 0.286. The molecule has 0 spiro atoms. The zero-order chi connectivity index (χ0) is 17.4. The van der Waals surface area contributed by atoms with Gasteiger partial charge in [0.15, 0.2) is 5.13 Å². The fourth-order valence-electron chi connectivity index (χ4n) is 2.43. The standard InChI is InChI=1S/C18H14Cl2N2O2S/c19-13-2-1-3-14(20)12(13)9-24-11-6-7-15-16(8-11)25-18(21-15)22-17(23)10-4-5-10/h1-3,6-8,10H,4-5,9H2,(H,21,22,23). The second kappa shape index (κ2) is 6.83. The molecule has 1 fully saturated rings. The molecule has 2 aromatic carbocycles. The Morgan fingerprint density at radius 2 is 2.00 bits per heavy atom. The van der Waals surface area contributed by atoms with Gasteiger partial charge in [0.05, 0.1) is 10.2 Å². The van der Waals surface area contributed by atoms with Gasteiger partial charge in [-0.1, -0.05) is 40.6 Å². The van der Waals surface area contributed by atoms with E-state index < -0.39 is 0 Å². The molecule has 0 saturated heterocycles. The van der Waals surface area contributed by atoms with E-state index in [1.165, 1.54) is 11.3 Å². The molecule has 4 nitrogen and oxygen atoms in total. The van der Waals surface area contributed by atoms with Crippen molar-refractivity contribution in [3.05, 3.63) is 52.0 Å². The second-order valence-electron chi connectivity index (χ2n) is 5.90. The number of nitrogens with zero attached hydrogens (tertiary/aromatic N) is 1. The monoisotopic (exact) mass is 392 g/mol. The molecule has 25 heavy (non-hydrogen) atoms. The van der Waals surface area contributed by atoms with Crippen molar-refractivity contribution < 1.29 is 9.53 Å². The summed E-state index contributed by atoms with van der Waals surface area (Å²) in [5.74, 6) is 0.919. The normalized spacial score (nSPS) is 13.8. The number of hydrogen-bond donors (Lipinski definition) is 1. The van der Waals surface area contributed by atoms with Crippen LogP contribution in [-0.2, 0) is 11.4 Å². The molecule has 1 saturated carbocycles. The molecule has 0 atom stereocenters. The van der Waals surface area contributed by atoms with Crippen LogP contribution in [0.3, 0.4) is 0 Å². The Morgan fingerprint density at radius 3 is 2.72 bits per heavy atom. The Labute approximate surface area is 158 Å². The number of anilines is 1. The molecule has 1 amide bonds. The Bertz CT molecular complexity index is 933. The smallest absolute Gasteiger partial charge is 0.229 e. The van der Waals surface area contributed by atoms with Crippen molar-refractivity contribution in [3.63, 3.8) is 0 Å². The third-order valence-electron chi connectivity index (χ3n) is 3.98. The van der Waals surface area contributed by atoms with E-state index in [1.807, 2.05) is 18.2 Å². The van der Waals surface area contributed by atoms with E-state index >= 15 is 0 Å². The van der Waals surface area contributed by atoms with Crippen molar-refractivity contribution in [2.75, 3.05) is 5.32 Å². The summed E-state index contributed by atoms with van der Waals surface area (Å²) in [5, 5.41) is 4.66. The van der Waals surface area contributed by atoms with E-state index in [0.717, 1.165) is 28.6 Å². The van der Waals surface area contributed by atoms with Gasteiger partial charge in [0.25, 0.3) is 0 Å². The number of ether oxygens (including phenoxy) is 1. The van der Waals surface area contributed by atoms with Crippen LogP contribution in [0.1, 0.15) is 18.4 Å². The quantitative estimate of drug-likeness (QED) is 0.620. The maximum absolute atomic E-state index is 11.8. The lowest BCUT2D eigenvalue weighted by Gasteiger charge is -2.09. The van der Waals surface area contributed by atoms with E-state index in [1.54, 1.807) is 18.2 Å². The van der Waals surface area contributed by atoms with Crippen LogP contribution >= 0.6 is 34.5 Å². The summed E-state index contributed by atoms with van der Waals surface area (Å²) < 4.78 is 6.78. The first-order chi connectivity index (χ1) is 12.1. The highest BCUT2D eigenvalue weighted by Gasteiger charge is 2.30. The molecule has 1 aliphatic rings. The van der Waals surface area contributed by atoms with Crippen molar-refractivity contribution in [2.45, 2.75) is 19.4 Å². The number of benzene rings is 2. The molecule has 3 aromatic rings. The maximum atomic E-state index is 11.8. The van der Waals surface area contributed by atoms with Crippen molar-refractivity contribution in [3.8, 4) is 5.75 Å². The van der Waals surface area contributed by atoms with Gasteiger partial charge in [-0.15, -0.1) is 0 Å². The summed E-state index contributed by atoms with van der Waals surface area (Å²) in [5.41, 5.74) is 1.59. The van der Waals surface area contributed by atoms with Gasteiger partial charge in [0.2, 0.25) is 5.91 Å². The molecule has 1 heterocycles. The Kier molecular flexibility index (Phi) is 4.54. The first kappa shape index (κ1) is 16.6. The number of carbonyl (C=O) groups is 1. The van der Waals surface area contributed by atoms with E-state index in [2.05, 4.69) is 10.3 Å². The third kappa shape index (κ3) is 3.73. The first-order valence-electron chi connectivity index (χ1n) is 7.87. The molecule has 1 aliphatic carbocycles. The largest absolute Gasteiger partial charge is 0.489 e. The van der Waals surface area contributed by atoms with E-state index in [-0.39, 0.29) is 18.4 Å². The highest BCUT2D eigenvalue weighted by molar-refractivity contribution is 7.22. The molecule has 0 unspecified atom stereocenters. The molecule has 1 aromatic heterocycles. The molecule has 128 valence electrons. The number of nitrogens with one attached hydrogen (secondary N) is 1. The van der Waals surface area contributed by atoms with Gasteiger partial charge in [-0.3, -0.25) is 4.79 Å². The predicted octanol–water partition coefficient (Wildman–Crippen LogP) is 5.53. The number of amides is 1.